The fraction of sp³-hybridized carbons (Fsp3) is 0.333. The summed E-state index contributed by atoms with van der Waals surface area (Å²) in [4.78, 5) is 11.8. The lowest BCUT2D eigenvalue weighted by atomic mass is 9.76. The largest absolute Gasteiger partial charge is 0.633 e. The third-order valence-electron chi connectivity index (χ3n) is 6.66. The van der Waals surface area contributed by atoms with Crippen molar-refractivity contribution in [1.29, 1.82) is 5.26 Å². The molecule has 1 heterocycles. The van der Waals surface area contributed by atoms with Crippen LogP contribution in [0.1, 0.15) is 57.5 Å². The lowest BCUT2D eigenvalue weighted by Gasteiger charge is -2.32. The highest BCUT2D eigenvalue weighted by molar-refractivity contribution is 5.94. The molecule has 5 atom stereocenters. The van der Waals surface area contributed by atoms with Crippen molar-refractivity contribution in [1.82, 2.24) is 5.32 Å². The van der Waals surface area contributed by atoms with Gasteiger partial charge in [0, 0.05) is 30.0 Å². The van der Waals surface area contributed by atoms with Crippen molar-refractivity contribution < 1.29 is 27.4 Å². The van der Waals surface area contributed by atoms with Crippen LogP contribution < -0.4 is 10.4 Å². The second-order valence-electron chi connectivity index (χ2n) is 8.36. The maximum Gasteiger partial charge on any atom is 0.417 e. The molecule has 0 saturated carbocycles. The third-order valence-corrected chi connectivity index (χ3v) is 6.66. The van der Waals surface area contributed by atoms with Gasteiger partial charge in [-0.05, 0) is 37.1 Å². The van der Waals surface area contributed by atoms with Gasteiger partial charge in [-0.15, -0.1) is 0 Å². The quantitative estimate of drug-likeness (QED) is 0.416. The molecule has 1 aliphatic heterocycles. The molecule has 1 fully saturated rings. The van der Waals surface area contributed by atoms with Gasteiger partial charge in [0.2, 0.25) is 0 Å². The number of halogens is 4. The molecule has 4 rings (SSSR count). The summed E-state index contributed by atoms with van der Waals surface area (Å²) in [6.45, 7) is 0. The number of benzene rings is 2. The zero-order chi connectivity index (χ0) is 23.9. The van der Waals surface area contributed by atoms with E-state index in [0.717, 1.165) is 12.1 Å². The van der Waals surface area contributed by atoms with Crippen molar-refractivity contribution in [2.45, 2.75) is 31.1 Å². The van der Waals surface area contributed by atoms with E-state index in [4.69, 9.17) is 5.26 Å². The van der Waals surface area contributed by atoms with Gasteiger partial charge in [0.05, 0.1) is 22.8 Å². The number of carbonyl (C=O) groups excluding carboxylic acids is 1. The number of nitrogens with one attached hydrogen (secondary N) is 2. The number of allylic oxidation sites excluding steroid dienone is 2. The number of hydroxylamine groups is 2. The molecule has 33 heavy (non-hydrogen) atoms. The predicted molar refractivity (Wildman–Crippen MR) is 111 cm³/mol. The summed E-state index contributed by atoms with van der Waals surface area (Å²) in [5.41, 5.74) is -1.10. The van der Waals surface area contributed by atoms with Crippen LogP contribution in [0, 0.1) is 34.2 Å². The highest BCUT2D eigenvalue weighted by atomic mass is 19.4. The Morgan fingerprint density at radius 3 is 2.18 bits per heavy atom. The molecule has 1 aliphatic carbocycles. The van der Waals surface area contributed by atoms with E-state index in [1.807, 2.05) is 12.2 Å². The third kappa shape index (κ3) is 4.01. The molecule has 0 bridgehead atoms. The predicted octanol–water partition coefficient (Wildman–Crippen LogP) is 3.84. The van der Waals surface area contributed by atoms with Crippen LogP contribution in [0.15, 0.2) is 48.6 Å². The second kappa shape index (κ2) is 8.61. The Morgan fingerprint density at radius 1 is 1.09 bits per heavy atom. The lowest BCUT2D eigenvalue weighted by molar-refractivity contribution is -0.902. The van der Waals surface area contributed by atoms with Gasteiger partial charge < -0.3 is 15.6 Å². The van der Waals surface area contributed by atoms with Gasteiger partial charge >= 0.3 is 6.18 Å². The van der Waals surface area contributed by atoms with E-state index >= 15 is 0 Å². The summed E-state index contributed by atoms with van der Waals surface area (Å²) in [6, 6.07) is 7.48. The van der Waals surface area contributed by atoms with Crippen LogP contribution in [0.25, 0.3) is 0 Å². The Hall–Kier alpha value is -3.22. The van der Waals surface area contributed by atoms with Crippen LogP contribution >= 0.6 is 0 Å². The molecular weight excluding hydrogens is 438 g/mol. The number of fused-ring (bicyclic) bond motifs is 1. The molecule has 0 aromatic heterocycles. The standard InChI is InChI=1S/C24H21F4N3O2/c1-30-23(32)18-9-8-14(11-20(18)25)22-17-5-3-2-4-16(17)21(31(22)33)13-6-7-15(12-29)19(10-13)24(26,27)28/h2-3,6-11,16-17,21-22,31H,4-5H2,1H3,(H,30,32). The highest BCUT2D eigenvalue weighted by Gasteiger charge is 2.51. The summed E-state index contributed by atoms with van der Waals surface area (Å²) in [7, 11) is 1.38. The number of nitriles is 1. The van der Waals surface area contributed by atoms with Crippen molar-refractivity contribution in [3.05, 3.63) is 87.4 Å². The summed E-state index contributed by atoms with van der Waals surface area (Å²) < 4.78 is 55.2. The van der Waals surface area contributed by atoms with Crippen molar-refractivity contribution in [2.75, 3.05) is 7.05 Å². The fourth-order valence-electron chi connectivity index (χ4n) is 5.19. The van der Waals surface area contributed by atoms with Crippen molar-refractivity contribution in [3.63, 3.8) is 0 Å². The summed E-state index contributed by atoms with van der Waals surface area (Å²) in [6.07, 6.45) is 0.162. The van der Waals surface area contributed by atoms with Gasteiger partial charge in [-0.1, -0.05) is 24.3 Å². The monoisotopic (exact) mass is 459 g/mol. The van der Waals surface area contributed by atoms with E-state index < -0.39 is 41.1 Å². The van der Waals surface area contributed by atoms with E-state index in [1.54, 1.807) is 6.07 Å². The van der Waals surface area contributed by atoms with Crippen molar-refractivity contribution in [3.8, 4) is 6.07 Å². The minimum Gasteiger partial charge on any atom is -0.633 e. The van der Waals surface area contributed by atoms with E-state index in [1.165, 1.54) is 31.3 Å². The van der Waals surface area contributed by atoms with Crippen molar-refractivity contribution in [2.24, 2.45) is 11.8 Å². The molecule has 2 aromatic rings. The van der Waals surface area contributed by atoms with E-state index in [0.29, 0.717) is 18.4 Å². The Morgan fingerprint density at radius 2 is 1.67 bits per heavy atom. The number of alkyl halides is 3. The van der Waals surface area contributed by atoms with Crippen LogP contribution in [0.2, 0.25) is 0 Å². The number of quaternary nitrogens is 1. The van der Waals surface area contributed by atoms with Gasteiger partial charge in [0.15, 0.2) is 0 Å². The lowest BCUT2D eigenvalue weighted by Crippen LogP contribution is -3.06. The van der Waals surface area contributed by atoms with Crippen LogP contribution in [-0.4, -0.2) is 13.0 Å². The zero-order valence-corrected chi connectivity index (χ0v) is 17.6. The first-order valence-electron chi connectivity index (χ1n) is 10.5. The second-order valence-corrected chi connectivity index (χ2v) is 8.36. The van der Waals surface area contributed by atoms with Gasteiger partial charge in [-0.2, -0.15) is 18.4 Å². The number of nitrogens with zero attached hydrogens (tertiary/aromatic N) is 1. The molecule has 1 amide bonds. The average molecular weight is 459 g/mol. The molecule has 5 unspecified atom stereocenters. The first kappa shape index (κ1) is 23.0. The summed E-state index contributed by atoms with van der Waals surface area (Å²) in [5, 5.41) is 24.8. The molecule has 5 nitrogen and oxygen atoms in total. The topological polar surface area (TPSA) is 80.4 Å². The van der Waals surface area contributed by atoms with Crippen LogP contribution in [0.4, 0.5) is 17.6 Å². The Bertz CT molecular complexity index is 1160. The van der Waals surface area contributed by atoms with E-state index in [-0.39, 0.29) is 28.0 Å². The molecule has 0 radical (unpaired) electrons. The van der Waals surface area contributed by atoms with E-state index in [9.17, 15) is 27.6 Å². The normalized spacial score (nSPS) is 26.5. The Kier molecular flexibility index (Phi) is 5.99. The Balaban J connectivity index is 1.77. The number of hydrogen-bond acceptors (Lipinski definition) is 3. The van der Waals surface area contributed by atoms with Crippen molar-refractivity contribution >= 4 is 5.91 Å². The fourth-order valence-corrected chi connectivity index (χ4v) is 5.19. The highest BCUT2D eigenvalue weighted by Crippen LogP contribution is 2.46. The van der Waals surface area contributed by atoms with Gasteiger partial charge in [0.1, 0.15) is 17.9 Å². The summed E-state index contributed by atoms with van der Waals surface area (Å²) >= 11 is 0. The molecule has 9 heteroatoms. The Labute approximate surface area is 187 Å². The molecule has 2 aromatic carbocycles. The smallest absolute Gasteiger partial charge is 0.417 e. The minimum atomic E-state index is -4.73. The maximum atomic E-state index is 14.6. The minimum absolute atomic E-state index is 0.148. The number of amides is 1. The number of carbonyl (C=O) groups is 1. The molecule has 1 saturated heterocycles. The van der Waals surface area contributed by atoms with Gasteiger partial charge in [0.25, 0.3) is 5.91 Å². The van der Waals surface area contributed by atoms with E-state index in [2.05, 4.69) is 5.32 Å². The number of rotatable bonds is 3. The zero-order valence-electron chi connectivity index (χ0n) is 17.6. The summed E-state index contributed by atoms with van der Waals surface area (Å²) in [5.74, 6) is -1.81. The first-order chi connectivity index (χ1) is 15.7. The van der Waals surface area contributed by atoms with Gasteiger partial charge in [-0.25, -0.2) is 4.39 Å². The maximum absolute atomic E-state index is 14.6. The first-order valence-corrected chi connectivity index (χ1v) is 10.5. The molecule has 0 spiro atoms. The molecule has 2 aliphatic rings. The average Bonchev–Trinajstić information content (AvgIpc) is 3.09. The van der Waals surface area contributed by atoms with Crippen LogP contribution in [-0.2, 0) is 6.18 Å². The van der Waals surface area contributed by atoms with Crippen LogP contribution in [0.3, 0.4) is 0 Å². The molecule has 2 N–H and O–H groups in total. The molecule has 172 valence electrons. The SMILES string of the molecule is CNC(=O)c1ccc(C2C3CC=CCC3C(c3ccc(C#N)c(C(F)(F)F)c3)[NH+]2[O-])cc1F. The van der Waals surface area contributed by atoms with Crippen LogP contribution in [0.5, 0.6) is 0 Å². The molecular formula is C24H21F4N3O2. The van der Waals surface area contributed by atoms with Gasteiger partial charge in [-0.3, -0.25) is 4.79 Å². The number of hydrogen-bond donors (Lipinski definition) is 2.